The molecule has 0 aliphatic rings. The number of anilines is 1. The lowest BCUT2D eigenvalue weighted by Crippen LogP contribution is -2.14. The van der Waals surface area contributed by atoms with Crippen molar-refractivity contribution in [2.75, 3.05) is 12.4 Å². The summed E-state index contributed by atoms with van der Waals surface area (Å²) in [4.78, 5) is 25.0. The number of para-hydroxylation sites is 1. The maximum Gasteiger partial charge on any atom is 0.278 e. The molecular formula is C16H12N6O2S. The number of hydrogen-bond donors (Lipinski definition) is 1. The smallest absolute Gasteiger partial charge is 0.278 e. The minimum atomic E-state index is -0.412. The van der Waals surface area contributed by atoms with E-state index in [-0.39, 0.29) is 11.6 Å². The largest absolute Gasteiger partial charge is 0.496 e. The summed E-state index contributed by atoms with van der Waals surface area (Å²) in [6.07, 6.45) is 4.34. The number of ether oxygens (including phenoxy) is 1. The molecule has 4 aromatic rings. The summed E-state index contributed by atoms with van der Waals surface area (Å²) in [5.74, 6) is 0.534. The van der Waals surface area contributed by atoms with Gasteiger partial charge in [0.05, 0.1) is 19.0 Å². The first-order valence-electron chi connectivity index (χ1n) is 7.31. The number of methoxy groups -OCH3 is 1. The van der Waals surface area contributed by atoms with Gasteiger partial charge in [0.15, 0.2) is 0 Å². The summed E-state index contributed by atoms with van der Waals surface area (Å²) in [7, 11) is 1.62. The Kier molecular flexibility index (Phi) is 3.82. The predicted molar refractivity (Wildman–Crippen MR) is 92.8 cm³/mol. The second kappa shape index (κ2) is 6.29. The number of thiazole rings is 1. The van der Waals surface area contributed by atoms with Gasteiger partial charge in [-0.05, 0) is 12.1 Å². The molecule has 0 unspecified atom stereocenters. The molecule has 1 amide bonds. The third kappa shape index (κ3) is 2.81. The average molecular weight is 352 g/mol. The van der Waals surface area contributed by atoms with Gasteiger partial charge in [-0.15, -0.1) is 16.4 Å². The molecule has 0 aliphatic heterocycles. The number of rotatable bonds is 4. The first-order valence-corrected chi connectivity index (χ1v) is 8.19. The monoisotopic (exact) mass is 352 g/mol. The van der Waals surface area contributed by atoms with Gasteiger partial charge < -0.3 is 4.74 Å². The third-order valence-electron chi connectivity index (χ3n) is 3.49. The summed E-state index contributed by atoms with van der Waals surface area (Å²) in [5.41, 5.74) is 1.93. The van der Waals surface area contributed by atoms with Gasteiger partial charge in [0, 0.05) is 23.3 Å². The first kappa shape index (κ1) is 15.2. The molecule has 9 heteroatoms. The van der Waals surface area contributed by atoms with Crippen LogP contribution in [0.3, 0.4) is 0 Å². The van der Waals surface area contributed by atoms with Crippen LogP contribution < -0.4 is 10.1 Å². The van der Waals surface area contributed by atoms with E-state index >= 15 is 0 Å². The third-order valence-corrected chi connectivity index (χ3v) is 4.30. The topological polar surface area (TPSA) is 94.3 Å². The van der Waals surface area contributed by atoms with Crippen molar-refractivity contribution in [3.05, 3.63) is 53.9 Å². The van der Waals surface area contributed by atoms with Crippen LogP contribution in [0.25, 0.3) is 16.2 Å². The van der Waals surface area contributed by atoms with E-state index < -0.39 is 5.91 Å². The molecule has 0 saturated heterocycles. The van der Waals surface area contributed by atoms with E-state index in [0.29, 0.717) is 4.96 Å². The Labute approximate surface area is 146 Å². The zero-order valence-corrected chi connectivity index (χ0v) is 13.9. The second-order valence-corrected chi connectivity index (χ2v) is 5.83. The highest BCUT2D eigenvalue weighted by molar-refractivity contribution is 7.15. The summed E-state index contributed by atoms with van der Waals surface area (Å²) in [6.45, 7) is 0. The van der Waals surface area contributed by atoms with Crippen molar-refractivity contribution >= 4 is 28.2 Å². The molecule has 3 aromatic heterocycles. The summed E-state index contributed by atoms with van der Waals surface area (Å²) >= 11 is 1.43. The minimum absolute atomic E-state index is 0.200. The molecule has 3 heterocycles. The molecular weight excluding hydrogens is 340 g/mol. The molecule has 0 fully saturated rings. The summed E-state index contributed by atoms with van der Waals surface area (Å²) in [6, 6.07) is 7.65. The number of carbonyl (C=O) groups excluding carboxylic acids is 1. The number of hydrogen-bond acceptors (Lipinski definition) is 7. The number of nitrogens with zero attached hydrogens (tertiary/aromatic N) is 5. The maximum absolute atomic E-state index is 12.1. The fourth-order valence-corrected chi connectivity index (χ4v) is 3.18. The lowest BCUT2D eigenvalue weighted by atomic mass is 10.1. The van der Waals surface area contributed by atoms with Crippen molar-refractivity contribution in [1.29, 1.82) is 0 Å². The Morgan fingerprint density at radius 1 is 1.28 bits per heavy atom. The fourth-order valence-electron chi connectivity index (χ4n) is 2.36. The van der Waals surface area contributed by atoms with E-state index in [2.05, 4.69) is 25.4 Å². The average Bonchev–Trinajstić information content (AvgIpc) is 3.22. The molecule has 0 radical (unpaired) electrons. The Bertz CT molecular complexity index is 1040. The Balaban J connectivity index is 1.68. The van der Waals surface area contributed by atoms with Crippen molar-refractivity contribution in [1.82, 2.24) is 24.6 Å². The van der Waals surface area contributed by atoms with Gasteiger partial charge in [-0.3, -0.25) is 15.1 Å². The number of amides is 1. The van der Waals surface area contributed by atoms with Gasteiger partial charge in [0.2, 0.25) is 4.96 Å². The molecule has 0 saturated carbocycles. The predicted octanol–water partition coefficient (Wildman–Crippen LogP) is 2.51. The number of carbonyl (C=O) groups is 1. The molecule has 0 spiro atoms. The van der Waals surface area contributed by atoms with Crippen molar-refractivity contribution < 1.29 is 9.53 Å². The number of benzene rings is 1. The van der Waals surface area contributed by atoms with Crippen LogP contribution in [0.2, 0.25) is 0 Å². The van der Waals surface area contributed by atoms with E-state index in [4.69, 9.17) is 4.74 Å². The highest BCUT2D eigenvalue weighted by Gasteiger charge is 2.16. The van der Waals surface area contributed by atoms with Crippen LogP contribution in [0.15, 0.2) is 48.2 Å². The number of nitrogens with one attached hydrogen (secondary N) is 1. The minimum Gasteiger partial charge on any atom is -0.496 e. The van der Waals surface area contributed by atoms with Crippen molar-refractivity contribution in [3.63, 3.8) is 0 Å². The van der Waals surface area contributed by atoms with Gasteiger partial charge in [0.25, 0.3) is 11.9 Å². The van der Waals surface area contributed by atoms with Crippen molar-refractivity contribution in [2.45, 2.75) is 0 Å². The molecule has 25 heavy (non-hydrogen) atoms. The molecule has 0 atom stereocenters. The summed E-state index contributed by atoms with van der Waals surface area (Å²) in [5, 5.41) is 8.95. The molecule has 1 N–H and O–H groups in total. The molecule has 0 aliphatic carbocycles. The van der Waals surface area contributed by atoms with Crippen LogP contribution in [0, 0.1) is 0 Å². The van der Waals surface area contributed by atoms with Crippen LogP contribution in [-0.4, -0.2) is 37.6 Å². The van der Waals surface area contributed by atoms with E-state index in [0.717, 1.165) is 17.0 Å². The Morgan fingerprint density at radius 2 is 2.16 bits per heavy atom. The van der Waals surface area contributed by atoms with Crippen LogP contribution >= 0.6 is 11.3 Å². The normalized spacial score (nSPS) is 10.8. The number of fused-ring (bicyclic) bond motifs is 1. The van der Waals surface area contributed by atoms with E-state index in [9.17, 15) is 4.79 Å². The van der Waals surface area contributed by atoms with Gasteiger partial charge in [-0.1, -0.05) is 12.1 Å². The highest BCUT2D eigenvalue weighted by Crippen LogP contribution is 2.32. The fraction of sp³-hybridized carbons (Fsp3) is 0.0625. The van der Waals surface area contributed by atoms with Crippen LogP contribution in [-0.2, 0) is 0 Å². The molecule has 4 rings (SSSR count). The molecule has 0 bridgehead atoms. The van der Waals surface area contributed by atoms with Gasteiger partial charge in [-0.25, -0.2) is 9.50 Å². The molecule has 1 aromatic carbocycles. The lowest BCUT2D eigenvalue weighted by Gasteiger charge is -2.06. The highest BCUT2D eigenvalue weighted by atomic mass is 32.1. The van der Waals surface area contributed by atoms with Gasteiger partial charge in [0.1, 0.15) is 11.4 Å². The van der Waals surface area contributed by atoms with Gasteiger partial charge in [-0.2, -0.15) is 4.98 Å². The Morgan fingerprint density at radius 3 is 2.96 bits per heavy atom. The second-order valence-electron chi connectivity index (χ2n) is 5.00. The van der Waals surface area contributed by atoms with E-state index in [1.807, 2.05) is 29.6 Å². The van der Waals surface area contributed by atoms with Crippen LogP contribution in [0.4, 0.5) is 5.95 Å². The maximum atomic E-state index is 12.1. The van der Waals surface area contributed by atoms with Gasteiger partial charge >= 0.3 is 0 Å². The molecule has 124 valence electrons. The Hall–Kier alpha value is -3.33. The standard InChI is InChI=1S/C16H12N6O2S/c1-24-13-5-3-2-4-10(13)12-9-25-16-20-15(21-22(12)16)19-14(23)11-8-17-6-7-18-11/h2-9H,1H3,(H,19,21,23). The zero-order valence-electron chi connectivity index (χ0n) is 13.1. The van der Waals surface area contributed by atoms with Crippen molar-refractivity contribution in [3.8, 4) is 17.0 Å². The quantitative estimate of drug-likeness (QED) is 0.606. The van der Waals surface area contributed by atoms with Crippen LogP contribution in [0.1, 0.15) is 10.5 Å². The summed E-state index contributed by atoms with van der Waals surface area (Å²) < 4.78 is 7.08. The molecule has 8 nitrogen and oxygen atoms in total. The lowest BCUT2D eigenvalue weighted by molar-refractivity contribution is 0.102. The first-order chi connectivity index (χ1) is 12.3. The zero-order chi connectivity index (χ0) is 17.2. The van der Waals surface area contributed by atoms with E-state index in [1.54, 1.807) is 11.6 Å². The van der Waals surface area contributed by atoms with E-state index in [1.165, 1.54) is 29.9 Å². The SMILES string of the molecule is COc1ccccc1-c1csc2nc(NC(=O)c3cnccn3)nn12. The van der Waals surface area contributed by atoms with Crippen molar-refractivity contribution in [2.24, 2.45) is 0 Å². The number of aromatic nitrogens is 5. The van der Waals surface area contributed by atoms with Crippen LogP contribution in [0.5, 0.6) is 5.75 Å².